The summed E-state index contributed by atoms with van der Waals surface area (Å²) in [6, 6.07) is 5.47. The summed E-state index contributed by atoms with van der Waals surface area (Å²) in [5, 5.41) is 7.02. The van der Waals surface area contributed by atoms with Crippen LogP contribution in [0.5, 0.6) is 0 Å². The fraction of sp³-hybridized carbons (Fsp3) is 0.263. The van der Waals surface area contributed by atoms with Crippen molar-refractivity contribution in [3.63, 3.8) is 0 Å². The molecule has 0 bridgehead atoms. The lowest BCUT2D eigenvalue weighted by molar-refractivity contribution is 0.103. The zero-order valence-electron chi connectivity index (χ0n) is 15.7. The number of hydrogen-bond donors (Lipinski definition) is 2. The van der Waals surface area contributed by atoms with Crippen molar-refractivity contribution in [2.24, 2.45) is 0 Å². The van der Waals surface area contributed by atoms with E-state index in [4.69, 9.17) is 16.3 Å². The maximum atomic E-state index is 12.6. The maximum Gasteiger partial charge on any atom is 0.267 e. The van der Waals surface area contributed by atoms with E-state index >= 15 is 0 Å². The quantitative estimate of drug-likeness (QED) is 0.637. The normalized spacial score (nSPS) is 13.9. The number of aromatic nitrogens is 3. The number of ether oxygens (including phenoxy) is 1. The number of halogens is 1. The monoisotopic (exact) mass is 430 g/mol. The first-order valence-corrected chi connectivity index (χ1v) is 10.2. The maximum absolute atomic E-state index is 12.6. The van der Waals surface area contributed by atoms with Crippen LogP contribution in [0.4, 0.5) is 22.5 Å². The topological polar surface area (TPSA) is 92.3 Å². The minimum atomic E-state index is -0.264. The molecular formula is C19H19ClN6O2S. The van der Waals surface area contributed by atoms with Crippen molar-refractivity contribution >= 4 is 51.3 Å². The molecule has 3 aromatic rings. The Bertz CT molecular complexity index is 1000. The molecular weight excluding hydrogens is 412 g/mol. The predicted octanol–water partition coefficient (Wildman–Crippen LogP) is 3.73. The van der Waals surface area contributed by atoms with Gasteiger partial charge in [-0.1, -0.05) is 35.1 Å². The Morgan fingerprint density at radius 1 is 1.24 bits per heavy atom. The van der Waals surface area contributed by atoms with Crippen molar-refractivity contribution in [3.05, 3.63) is 52.3 Å². The van der Waals surface area contributed by atoms with Gasteiger partial charge in [0.1, 0.15) is 10.7 Å². The molecule has 8 nitrogen and oxygen atoms in total. The SMILES string of the molecule is Cc1cccc(Cl)c1NC(=O)c1cnc(Nc2cncc(N3CCOCC3)n2)s1. The second kappa shape index (κ2) is 8.73. The van der Waals surface area contributed by atoms with Crippen LogP contribution in [0, 0.1) is 6.92 Å². The fourth-order valence-corrected chi connectivity index (χ4v) is 3.86. The van der Waals surface area contributed by atoms with E-state index in [-0.39, 0.29) is 5.91 Å². The van der Waals surface area contributed by atoms with Gasteiger partial charge in [0.15, 0.2) is 10.9 Å². The molecule has 3 heterocycles. The number of carbonyl (C=O) groups excluding carboxylic acids is 1. The number of rotatable bonds is 5. The Kier molecular flexibility index (Phi) is 5.89. The highest BCUT2D eigenvalue weighted by Crippen LogP contribution is 2.28. The van der Waals surface area contributed by atoms with Crippen LogP contribution in [0.25, 0.3) is 0 Å². The van der Waals surface area contributed by atoms with Crippen LogP contribution < -0.4 is 15.5 Å². The highest BCUT2D eigenvalue weighted by atomic mass is 35.5. The molecule has 1 aliphatic heterocycles. The van der Waals surface area contributed by atoms with Crippen LogP contribution in [-0.2, 0) is 4.74 Å². The zero-order valence-corrected chi connectivity index (χ0v) is 17.3. The Morgan fingerprint density at radius 2 is 2.07 bits per heavy atom. The first-order chi connectivity index (χ1) is 14.1. The number of nitrogens with one attached hydrogen (secondary N) is 2. The molecule has 2 N–H and O–H groups in total. The van der Waals surface area contributed by atoms with Gasteiger partial charge < -0.3 is 20.3 Å². The van der Waals surface area contributed by atoms with Crippen LogP contribution in [0.3, 0.4) is 0 Å². The molecule has 0 spiro atoms. The van der Waals surface area contributed by atoms with Crippen LogP contribution >= 0.6 is 22.9 Å². The number of benzene rings is 1. The first kappa shape index (κ1) is 19.6. The van der Waals surface area contributed by atoms with Gasteiger partial charge in [-0.3, -0.25) is 9.78 Å². The average Bonchev–Trinajstić information content (AvgIpc) is 3.20. The van der Waals surface area contributed by atoms with Gasteiger partial charge in [-0.2, -0.15) is 0 Å². The van der Waals surface area contributed by atoms with E-state index in [1.54, 1.807) is 18.5 Å². The summed E-state index contributed by atoms with van der Waals surface area (Å²) in [4.78, 5) is 28.3. The number of para-hydroxylation sites is 1. The van der Waals surface area contributed by atoms with Crippen molar-refractivity contribution in [1.29, 1.82) is 0 Å². The highest BCUT2D eigenvalue weighted by molar-refractivity contribution is 7.17. The third kappa shape index (κ3) is 4.64. The molecule has 0 saturated carbocycles. The van der Waals surface area contributed by atoms with Crippen LogP contribution in [0.15, 0.2) is 36.8 Å². The van der Waals surface area contributed by atoms with Crippen LogP contribution in [0.2, 0.25) is 5.02 Å². The van der Waals surface area contributed by atoms with E-state index < -0.39 is 0 Å². The number of aryl methyl sites for hydroxylation is 1. The van der Waals surface area contributed by atoms with E-state index in [1.165, 1.54) is 17.5 Å². The number of hydrogen-bond acceptors (Lipinski definition) is 8. The van der Waals surface area contributed by atoms with Crippen molar-refractivity contribution in [2.75, 3.05) is 41.8 Å². The molecule has 1 saturated heterocycles. The molecule has 0 unspecified atom stereocenters. The summed E-state index contributed by atoms with van der Waals surface area (Å²) < 4.78 is 5.37. The predicted molar refractivity (Wildman–Crippen MR) is 115 cm³/mol. The van der Waals surface area contributed by atoms with Gasteiger partial charge in [0, 0.05) is 13.1 Å². The summed E-state index contributed by atoms with van der Waals surface area (Å²) in [6.45, 7) is 4.80. The highest BCUT2D eigenvalue weighted by Gasteiger charge is 2.16. The Balaban J connectivity index is 1.45. The van der Waals surface area contributed by atoms with E-state index in [0.717, 1.165) is 24.5 Å². The summed E-state index contributed by atoms with van der Waals surface area (Å²) in [5.74, 6) is 1.08. The molecule has 1 aliphatic rings. The largest absolute Gasteiger partial charge is 0.378 e. The van der Waals surface area contributed by atoms with Gasteiger partial charge in [0.2, 0.25) is 0 Å². The van der Waals surface area contributed by atoms with E-state index in [1.807, 2.05) is 19.1 Å². The molecule has 1 aromatic carbocycles. The number of morpholine rings is 1. The molecule has 10 heteroatoms. The summed E-state index contributed by atoms with van der Waals surface area (Å²) in [6.07, 6.45) is 4.87. The van der Waals surface area contributed by atoms with Gasteiger partial charge in [0.05, 0.1) is 42.5 Å². The van der Waals surface area contributed by atoms with Gasteiger partial charge in [0.25, 0.3) is 5.91 Å². The molecule has 4 rings (SSSR count). The molecule has 0 aliphatic carbocycles. The molecule has 29 heavy (non-hydrogen) atoms. The number of thiazole rings is 1. The van der Waals surface area contributed by atoms with Crippen LogP contribution in [-0.4, -0.2) is 47.2 Å². The van der Waals surface area contributed by atoms with Crippen molar-refractivity contribution in [2.45, 2.75) is 6.92 Å². The van der Waals surface area contributed by atoms with Crippen molar-refractivity contribution < 1.29 is 9.53 Å². The van der Waals surface area contributed by atoms with E-state index in [9.17, 15) is 4.79 Å². The number of anilines is 4. The molecule has 0 radical (unpaired) electrons. The molecule has 150 valence electrons. The Morgan fingerprint density at radius 3 is 2.86 bits per heavy atom. The number of amides is 1. The number of carbonyl (C=O) groups is 1. The van der Waals surface area contributed by atoms with Gasteiger partial charge >= 0.3 is 0 Å². The molecule has 1 fully saturated rings. The Labute approximate surface area is 176 Å². The average molecular weight is 431 g/mol. The number of nitrogens with zero attached hydrogens (tertiary/aromatic N) is 4. The second-order valence-corrected chi connectivity index (χ2v) is 7.84. The van der Waals surface area contributed by atoms with E-state index in [0.29, 0.717) is 39.8 Å². The van der Waals surface area contributed by atoms with Crippen molar-refractivity contribution in [1.82, 2.24) is 15.0 Å². The second-order valence-electron chi connectivity index (χ2n) is 6.40. The smallest absolute Gasteiger partial charge is 0.267 e. The fourth-order valence-electron chi connectivity index (χ4n) is 2.87. The first-order valence-electron chi connectivity index (χ1n) is 9.04. The molecule has 1 amide bonds. The minimum absolute atomic E-state index is 0.264. The van der Waals surface area contributed by atoms with Crippen LogP contribution in [0.1, 0.15) is 15.2 Å². The molecule has 0 atom stereocenters. The molecule has 2 aromatic heterocycles. The third-order valence-corrected chi connectivity index (χ3v) is 5.61. The Hall–Kier alpha value is -2.75. The van der Waals surface area contributed by atoms with Crippen molar-refractivity contribution in [3.8, 4) is 0 Å². The zero-order chi connectivity index (χ0) is 20.2. The lowest BCUT2D eigenvalue weighted by atomic mass is 10.2. The third-order valence-electron chi connectivity index (χ3n) is 4.38. The van der Waals surface area contributed by atoms with E-state index in [2.05, 4.69) is 30.5 Å². The lowest BCUT2D eigenvalue weighted by Crippen LogP contribution is -2.36. The van der Waals surface area contributed by atoms with Gasteiger partial charge in [-0.05, 0) is 18.6 Å². The summed E-state index contributed by atoms with van der Waals surface area (Å²) in [5.41, 5.74) is 1.50. The van der Waals surface area contributed by atoms with Gasteiger partial charge in [-0.25, -0.2) is 9.97 Å². The van der Waals surface area contributed by atoms with Gasteiger partial charge in [-0.15, -0.1) is 0 Å². The minimum Gasteiger partial charge on any atom is -0.378 e. The summed E-state index contributed by atoms with van der Waals surface area (Å²) >= 11 is 7.42. The summed E-state index contributed by atoms with van der Waals surface area (Å²) in [7, 11) is 0. The lowest BCUT2D eigenvalue weighted by Gasteiger charge is -2.27. The standard InChI is InChI=1S/C19H19ClN6O2S/c1-12-3-2-4-13(20)17(12)25-18(27)14-9-22-19(29-14)24-15-10-21-11-16(23-15)26-5-7-28-8-6-26/h2-4,9-11H,5-8H2,1H3,(H,25,27)(H,22,23,24).